The van der Waals surface area contributed by atoms with E-state index in [4.69, 9.17) is 0 Å². The average molecular weight is 401 g/mol. The van der Waals surface area contributed by atoms with E-state index in [2.05, 4.69) is 14.2 Å². The molecule has 0 aliphatic carbocycles. The lowest BCUT2D eigenvalue weighted by molar-refractivity contribution is -0.278. The fourth-order valence-electron chi connectivity index (χ4n) is 1.83. The van der Waals surface area contributed by atoms with E-state index in [1.807, 2.05) is 0 Å². The van der Waals surface area contributed by atoms with Crippen LogP contribution in [0.3, 0.4) is 0 Å². The molecule has 0 saturated carbocycles. The van der Waals surface area contributed by atoms with Gasteiger partial charge < -0.3 is 14.2 Å². The van der Waals surface area contributed by atoms with Crippen LogP contribution in [0.1, 0.15) is 12.5 Å². The monoisotopic (exact) mass is 401 g/mol. The van der Waals surface area contributed by atoms with E-state index < -0.39 is 60.8 Å². The molecule has 1 aromatic rings. The average Bonchev–Trinajstić information content (AvgIpc) is 2.36. The Morgan fingerprint density at radius 1 is 0.808 bits per heavy atom. The van der Waals surface area contributed by atoms with Gasteiger partial charge in [-0.25, -0.2) is 5.11 Å². The number of rotatable bonds is 6. The summed E-state index contributed by atoms with van der Waals surface area (Å²) in [5.41, 5.74) is -0.877. The van der Waals surface area contributed by atoms with Gasteiger partial charge in [0.05, 0.1) is 6.61 Å². The summed E-state index contributed by atoms with van der Waals surface area (Å²) >= 11 is 0. The molecule has 26 heavy (non-hydrogen) atoms. The van der Waals surface area contributed by atoms with Crippen LogP contribution in [-0.4, -0.2) is 25.7 Å². The largest absolute Gasteiger partial charge is 0.573 e. The maximum atomic E-state index is 12.5. The van der Waals surface area contributed by atoms with Crippen molar-refractivity contribution < 1.29 is 58.8 Å². The van der Waals surface area contributed by atoms with Gasteiger partial charge in [-0.3, -0.25) is 0 Å². The predicted octanol–water partition coefficient (Wildman–Crippen LogP) is 4.99. The minimum Gasteiger partial charge on any atom is -0.406 e. The molecule has 4 nitrogen and oxygen atoms in total. The molecule has 0 bridgehead atoms. The molecular formula is C13H10F9O4. The highest BCUT2D eigenvalue weighted by atomic mass is 19.4. The van der Waals surface area contributed by atoms with E-state index in [1.165, 1.54) is 6.92 Å². The summed E-state index contributed by atoms with van der Waals surface area (Å²) in [5.74, 6) is -5.19. The molecule has 1 unspecified atom stereocenters. The Hall–Kier alpha value is -2.05. The number of ether oxygens (including phenoxy) is 3. The molecule has 0 amide bonds. The van der Waals surface area contributed by atoms with E-state index in [9.17, 15) is 44.6 Å². The smallest absolute Gasteiger partial charge is 0.406 e. The highest BCUT2D eigenvalue weighted by Gasteiger charge is 2.38. The fraction of sp³-hybridized carbons (Fsp3) is 0.538. The molecule has 0 aromatic heterocycles. The Morgan fingerprint density at radius 2 is 1.19 bits per heavy atom. The third-order valence-electron chi connectivity index (χ3n) is 2.66. The van der Waals surface area contributed by atoms with Crippen LogP contribution in [0.2, 0.25) is 0 Å². The molecule has 1 atom stereocenters. The van der Waals surface area contributed by atoms with E-state index in [1.54, 1.807) is 0 Å². The van der Waals surface area contributed by atoms with Gasteiger partial charge in [0.15, 0.2) is 0 Å². The Morgan fingerprint density at radius 3 is 1.50 bits per heavy atom. The zero-order chi connectivity index (χ0) is 20.3. The second kappa shape index (κ2) is 7.68. The van der Waals surface area contributed by atoms with Gasteiger partial charge >= 0.3 is 19.1 Å². The van der Waals surface area contributed by atoms with Gasteiger partial charge in [0.1, 0.15) is 17.2 Å². The zero-order valence-corrected chi connectivity index (χ0v) is 12.7. The first-order valence-electron chi connectivity index (χ1n) is 6.62. The van der Waals surface area contributed by atoms with Crippen molar-refractivity contribution in [2.45, 2.75) is 32.4 Å². The van der Waals surface area contributed by atoms with E-state index in [-0.39, 0.29) is 12.1 Å². The molecule has 0 saturated heterocycles. The van der Waals surface area contributed by atoms with Gasteiger partial charge in [-0.1, -0.05) is 6.92 Å². The highest BCUT2D eigenvalue weighted by Crippen LogP contribution is 2.41. The molecule has 0 fully saturated rings. The van der Waals surface area contributed by atoms with Crippen LogP contribution in [0.4, 0.5) is 39.5 Å². The van der Waals surface area contributed by atoms with Crippen molar-refractivity contribution in [1.82, 2.24) is 0 Å². The van der Waals surface area contributed by atoms with Gasteiger partial charge in [0.2, 0.25) is 0 Å². The van der Waals surface area contributed by atoms with Gasteiger partial charge in [0, 0.05) is 17.7 Å². The molecule has 13 heteroatoms. The third kappa shape index (κ3) is 7.89. The Bertz CT molecular complexity index is 570. The van der Waals surface area contributed by atoms with Crippen molar-refractivity contribution in [3.8, 4) is 17.2 Å². The third-order valence-corrected chi connectivity index (χ3v) is 2.66. The summed E-state index contributed by atoms with van der Waals surface area (Å²) in [7, 11) is 0. The lowest BCUT2D eigenvalue weighted by Gasteiger charge is -2.21. The minimum atomic E-state index is -5.43. The molecule has 0 spiro atoms. The first-order chi connectivity index (χ1) is 11.6. The zero-order valence-electron chi connectivity index (χ0n) is 12.7. The van der Waals surface area contributed by atoms with E-state index in [0.717, 1.165) is 0 Å². The highest BCUT2D eigenvalue weighted by molar-refractivity contribution is 5.51. The minimum absolute atomic E-state index is 0.108. The van der Waals surface area contributed by atoms with Crippen molar-refractivity contribution in [3.05, 3.63) is 17.7 Å². The number of alkyl halides is 9. The van der Waals surface area contributed by atoms with Crippen molar-refractivity contribution >= 4 is 0 Å². The van der Waals surface area contributed by atoms with Gasteiger partial charge in [0.25, 0.3) is 0 Å². The Labute approximate surface area is 140 Å². The molecule has 0 N–H and O–H groups in total. The van der Waals surface area contributed by atoms with Crippen molar-refractivity contribution in [2.24, 2.45) is 5.92 Å². The fourth-order valence-corrected chi connectivity index (χ4v) is 1.83. The van der Waals surface area contributed by atoms with E-state index >= 15 is 0 Å². The van der Waals surface area contributed by atoms with Gasteiger partial charge in [-0.15, -0.1) is 39.5 Å². The van der Waals surface area contributed by atoms with E-state index in [0.29, 0.717) is 0 Å². The van der Waals surface area contributed by atoms with Gasteiger partial charge in [-0.2, -0.15) is 0 Å². The summed E-state index contributed by atoms with van der Waals surface area (Å²) in [4.78, 5) is 0. The standard InChI is InChI=1S/C13H10F9O4/c1-6(5-23)2-8-9(25-12(17,18)19)3-7(24-11(14,15)16)4-10(8)26-13(20,21)22/h3-4,6H,2,5H2,1H3. The lowest BCUT2D eigenvalue weighted by Crippen LogP contribution is -2.23. The summed E-state index contributed by atoms with van der Waals surface area (Å²) in [6.07, 6.45) is -16.9. The number of hydrogen-bond acceptors (Lipinski definition) is 3. The summed E-state index contributed by atoms with van der Waals surface area (Å²) in [5, 5.41) is 10.8. The first-order valence-corrected chi connectivity index (χ1v) is 6.62. The predicted molar refractivity (Wildman–Crippen MR) is 64.9 cm³/mol. The molecule has 0 aliphatic rings. The molecule has 0 heterocycles. The van der Waals surface area contributed by atoms with Crippen LogP contribution in [0, 0.1) is 5.92 Å². The maximum Gasteiger partial charge on any atom is 0.573 e. The Kier molecular flexibility index (Phi) is 6.49. The van der Waals surface area contributed by atoms with Gasteiger partial charge in [-0.05, 0) is 12.3 Å². The van der Waals surface area contributed by atoms with Crippen LogP contribution >= 0.6 is 0 Å². The second-order valence-corrected chi connectivity index (χ2v) is 5.02. The SMILES string of the molecule is CC(C[O])Cc1c(OC(F)(F)F)cc(OC(F)(F)F)cc1OC(F)(F)F. The van der Waals surface area contributed by atoms with Crippen LogP contribution in [0.25, 0.3) is 0 Å². The molecule has 0 aliphatic heterocycles. The quantitative estimate of drug-likeness (QED) is 0.631. The summed E-state index contributed by atoms with van der Waals surface area (Å²) < 4.78 is 122. The molecule has 1 radical (unpaired) electrons. The molecule has 1 rings (SSSR count). The number of benzene rings is 1. The van der Waals surface area contributed by atoms with Crippen molar-refractivity contribution in [1.29, 1.82) is 0 Å². The number of halogens is 9. The van der Waals surface area contributed by atoms with Crippen LogP contribution in [-0.2, 0) is 11.5 Å². The second-order valence-electron chi connectivity index (χ2n) is 5.02. The normalized spacial score (nSPS) is 14.1. The first kappa shape index (κ1) is 22.0. The maximum absolute atomic E-state index is 12.5. The van der Waals surface area contributed by atoms with Crippen molar-refractivity contribution in [2.75, 3.05) is 6.61 Å². The molecular weight excluding hydrogens is 391 g/mol. The Balaban J connectivity index is 3.51. The molecule has 1 aromatic carbocycles. The van der Waals surface area contributed by atoms with Crippen LogP contribution in [0.15, 0.2) is 12.1 Å². The topological polar surface area (TPSA) is 47.6 Å². The number of hydrogen-bond donors (Lipinski definition) is 0. The summed E-state index contributed by atoms with van der Waals surface area (Å²) in [6.45, 7) is 0.333. The van der Waals surface area contributed by atoms with Crippen molar-refractivity contribution in [3.63, 3.8) is 0 Å². The van der Waals surface area contributed by atoms with Crippen LogP contribution in [0.5, 0.6) is 17.2 Å². The molecule has 149 valence electrons. The lowest BCUT2D eigenvalue weighted by atomic mass is 10.00. The summed E-state index contributed by atoms with van der Waals surface area (Å²) in [6, 6.07) is 0.216. The van der Waals surface area contributed by atoms with Crippen LogP contribution < -0.4 is 14.2 Å².